The van der Waals surface area contributed by atoms with E-state index in [0.717, 1.165) is 22.8 Å². The summed E-state index contributed by atoms with van der Waals surface area (Å²) in [6.45, 7) is 4.47. The van der Waals surface area contributed by atoms with E-state index in [1.54, 1.807) is 11.3 Å². The Kier molecular flexibility index (Phi) is 4.47. The van der Waals surface area contributed by atoms with Crippen LogP contribution in [0.4, 0.5) is 5.69 Å². The molecule has 0 saturated carbocycles. The molecule has 0 radical (unpaired) electrons. The third-order valence-corrected chi connectivity index (χ3v) is 5.38. The lowest BCUT2D eigenvalue weighted by atomic mass is 10.1. The standard InChI is InChI=1S/C21H20N2O2S/c1-14-10-16-6-3-4-9-20(16)23(14)21(24)17-7-5-8-19(11-17)25-12-18-13-26-15(2)22-18/h3-9,11,13-14H,10,12H2,1-2H3. The van der Waals surface area contributed by atoms with Gasteiger partial charge in [0.2, 0.25) is 0 Å². The first-order valence-electron chi connectivity index (χ1n) is 8.67. The normalized spacial score (nSPS) is 15.8. The highest BCUT2D eigenvalue weighted by molar-refractivity contribution is 7.09. The van der Waals surface area contributed by atoms with E-state index in [1.165, 1.54) is 5.56 Å². The van der Waals surface area contributed by atoms with Crippen molar-refractivity contribution in [2.24, 2.45) is 0 Å². The molecule has 0 aliphatic carbocycles. The fourth-order valence-corrected chi connectivity index (χ4v) is 3.96. The van der Waals surface area contributed by atoms with Gasteiger partial charge in [0.05, 0.1) is 10.7 Å². The predicted octanol–water partition coefficient (Wildman–Crippen LogP) is 4.62. The molecule has 0 saturated heterocycles. The van der Waals surface area contributed by atoms with Gasteiger partial charge in [-0.15, -0.1) is 11.3 Å². The molecule has 2 heterocycles. The number of para-hydroxylation sites is 1. The van der Waals surface area contributed by atoms with Crippen molar-refractivity contribution in [3.8, 4) is 5.75 Å². The third-order valence-electron chi connectivity index (χ3n) is 4.56. The van der Waals surface area contributed by atoms with Crippen molar-refractivity contribution >= 4 is 22.9 Å². The fraction of sp³-hybridized carbons (Fsp3) is 0.238. The Morgan fingerprint density at radius 1 is 1.27 bits per heavy atom. The summed E-state index contributed by atoms with van der Waals surface area (Å²) in [5.41, 5.74) is 3.78. The number of fused-ring (bicyclic) bond motifs is 1. The number of rotatable bonds is 4. The molecule has 132 valence electrons. The lowest BCUT2D eigenvalue weighted by molar-refractivity contribution is 0.0981. The number of hydrogen-bond acceptors (Lipinski definition) is 4. The Bertz CT molecular complexity index is 950. The second kappa shape index (κ2) is 6.92. The van der Waals surface area contributed by atoms with E-state index in [9.17, 15) is 4.79 Å². The molecule has 4 rings (SSSR count). The third kappa shape index (κ3) is 3.22. The summed E-state index contributed by atoms with van der Waals surface area (Å²) in [5, 5.41) is 3.02. The summed E-state index contributed by atoms with van der Waals surface area (Å²) in [5.74, 6) is 0.694. The molecular formula is C21H20N2O2S. The Morgan fingerprint density at radius 2 is 2.12 bits per heavy atom. The highest BCUT2D eigenvalue weighted by atomic mass is 32.1. The van der Waals surface area contributed by atoms with E-state index in [2.05, 4.69) is 18.0 Å². The van der Waals surface area contributed by atoms with Crippen LogP contribution in [0.15, 0.2) is 53.9 Å². The first-order valence-corrected chi connectivity index (χ1v) is 9.55. The molecule has 1 atom stereocenters. The van der Waals surface area contributed by atoms with Crippen molar-refractivity contribution in [3.05, 3.63) is 75.7 Å². The molecule has 0 bridgehead atoms. The summed E-state index contributed by atoms with van der Waals surface area (Å²) in [7, 11) is 0. The van der Waals surface area contributed by atoms with Gasteiger partial charge in [-0.2, -0.15) is 0 Å². The fourth-order valence-electron chi connectivity index (χ4n) is 3.36. The Labute approximate surface area is 157 Å². The van der Waals surface area contributed by atoms with E-state index < -0.39 is 0 Å². The maximum Gasteiger partial charge on any atom is 0.258 e. The monoisotopic (exact) mass is 364 g/mol. The molecule has 2 aromatic carbocycles. The smallest absolute Gasteiger partial charge is 0.258 e. The topological polar surface area (TPSA) is 42.4 Å². The second-order valence-electron chi connectivity index (χ2n) is 6.53. The highest BCUT2D eigenvalue weighted by Crippen LogP contribution is 2.33. The minimum Gasteiger partial charge on any atom is -0.487 e. The number of nitrogens with zero attached hydrogens (tertiary/aromatic N) is 2. The maximum absolute atomic E-state index is 13.1. The summed E-state index contributed by atoms with van der Waals surface area (Å²) in [6.07, 6.45) is 0.890. The lowest BCUT2D eigenvalue weighted by Gasteiger charge is -2.23. The molecule has 0 spiro atoms. The minimum atomic E-state index is 0.0115. The second-order valence-corrected chi connectivity index (χ2v) is 7.59. The first kappa shape index (κ1) is 16.8. The molecule has 3 aromatic rings. The average Bonchev–Trinajstić information content (AvgIpc) is 3.21. The van der Waals surface area contributed by atoms with Gasteiger partial charge in [-0.25, -0.2) is 4.98 Å². The van der Waals surface area contributed by atoms with Gasteiger partial charge in [0.1, 0.15) is 12.4 Å². The summed E-state index contributed by atoms with van der Waals surface area (Å²) in [4.78, 5) is 19.4. The van der Waals surface area contributed by atoms with Crippen LogP contribution in [0.5, 0.6) is 5.75 Å². The molecular weight excluding hydrogens is 344 g/mol. The molecule has 4 nitrogen and oxygen atoms in total. The molecule has 26 heavy (non-hydrogen) atoms. The zero-order valence-electron chi connectivity index (χ0n) is 14.8. The first-order chi connectivity index (χ1) is 12.6. The number of thiazole rings is 1. The average molecular weight is 364 g/mol. The van der Waals surface area contributed by atoms with Crippen LogP contribution in [-0.2, 0) is 13.0 Å². The number of benzene rings is 2. The predicted molar refractivity (Wildman–Crippen MR) is 104 cm³/mol. The van der Waals surface area contributed by atoms with E-state index in [0.29, 0.717) is 17.9 Å². The van der Waals surface area contributed by atoms with Gasteiger partial charge in [-0.3, -0.25) is 4.79 Å². The lowest BCUT2D eigenvalue weighted by Crippen LogP contribution is -2.35. The van der Waals surface area contributed by atoms with Crippen LogP contribution in [0.2, 0.25) is 0 Å². The Hall–Kier alpha value is -2.66. The number of anilines is 1. The van der Waals surface area contributed by atoms with Crippen LogP contribution < -0.4 is 9.64 Å². The SMILES string of the molecule is Cc1nc(COc2cccc(C(=O)N3c4ccccc4CC3C)c2)cs1. The number of aromatic nitrogens is 1. The number of aryl methyl sites for hydroxylation is 1. The maximum atomic E-state index is 13.1. The molecule has 1 aliphatic rings. The summed E-state index contributed by atoms with van der Waals surface area (Å²) < 4.78 is 5.83. The molecule has 0 fully saturated rings. The van der Waals surface area contributed by atoms with E-state index in [-0.39, 0.29) is 11.9 Å². The van der Waals surface area contributed by atoms with Gasteiger partial charge < -0.3 is 9.64 Å². The number of hydrogen-bond donors (Lipinski definition) is 0. The van der Waals surface area contributed by atoms with Crippen molar-refractivity contribution in [2.75, 3.05) is 4.90 Å². The van der Waals surface area contributed by atoms with E-state index in [1.807, 2.05) is 59.7 Å². The number of carbonyl (C=O) groups excluding carboxylic acids is 1. The number of ether oxygens (including phenoxy) is 1. The molecule has 1 aliphatic heterocycles. The number of carbonyl (C=O) groups is 1. The van der Waals surface area contributed by atoms with Crippen molar-refractivity contribution in [2.45, 2.75) is 32.9 Å². The van der Waals surface area contributed by atoms with Crippen molar-refractivity contribution in [1.29, 1.82) is 0 Å². The van der Waals surface area contributed by atoms with Crippen LogP contribution in [0.1, 0.15) is 33.5 Å². The van der Waals surface area contributed by atoms with Crippen LogP contribution in [0, 0.1) is 6.92 Å². The van der Waals surface area contributed by atoms with Gasteiger partial charge in [0.25, 0.3) is 5.91 Å². The number of amides is 1. The van der Waals surface area contributed by atoms with Gasteiger partial charge in [0.15, 0.2) is 0 Å². The van der Waals surface area contributed by atoms with Gasteiger partial charge in [-0.1, -0.05) is 24.3 Å². The highest BCUT2D eigenvalue weighted by Gasteiger charge is 2.31. The molecule has 1 unspecified atom stereocenters. The van der Waals surface area contributed by atoms with Crippen LogP contribution in [0.25, 0.3) is 0 Å². The van der Waals surface area contributed by atoms with Crippen molar-refractivity contribution in [3.63, 3.8) is 0 Å². The molecule has 5 heteroatoms. The van der Waals surface area contributed by atoms with Crippen molar-refractivity contribution < 1.29 is 9.53 Å². The van der Waals surface area contributed by atoms with E-state index >= 15 is 0 Å². The quantitative estimate of drug-likeness (QED) is 0.678. The largest absolute Gasteiger partial charge is 0.487 e. The van der Waals surface area contributed by atoms with Crippen LogP contribution >= 0.6 is 11.3 Å². The van der Waals surface area contributed by atoms with Crippen molar-refractivity contribution in [1.82, 2.24) is 4.98 Å². The zero-order valence-corrected chi connectivity index (χ0v) is 15.6. The van der Waals surface area contributed by atoms with Gasteiger partial charge in [-0.05, 0) is 50.1 Å². The Morgan fingerprint density at radius 3 is 2.92 bits per heavy atom. The molecule has 1 aromatic heterocycles. The van der Waals surface area contributed by atoms with Crippen LogP contribution in [-0.4, -0.2) is 16.9 Å². The molecule has 0 N–H and O–H groups in total. The minimum absolute atomic E-state index is 0.0115. The summed E-state index contributed by atoms with van der Waals surface area (Å²) >= 11 is 1.61. The van der Waals surface area contributed by atoms with E-state index in [4.69, 9.17) is 4.74 Å². The Balaban J connectivity index is 1.53. The summed E-state index contributed by atoms with van der Waals surface area (Å²) in [6, 6.07) is 15.7. The van der Waals surface area contributed by atoms with Crippen LogP contribution in [0.3, 0.4) is 0 Å². The van der Waals surface area contributed by atoms with Gasteiger partial charge in [0, 0.05) is 22.7 Å². The van der Waals surface area contributed by atoms with Gasteiger partial charge >= 0.3 is 0 Å². The molecule has 1 amide bonds. The zero-order chi connectivity index (χ0) is 18.1.